The minimum Gasteiger partial charge on any atom is -0.324 e. The van der Waals surface area contributed by atoms with Crippen LogP contribution < -0.4 is 5.73 Å². The Balaban J connectivity index is 1.55. The van der Waals surface area contributed by atoms with Gasteiger partial charge in [0.1, 0.15) is 0 Å². The normalized spacial score (nSPS) is 27.4. The van der Waals surface area contributed by atoms with E-state index < -0.39 is 0 Å². The van der Waals surface area contributed by atoms with Gasteiger partial charge in [-0.25, -0.2) is 0 Å². The van der Waals surface area contributed by atoms with Crippen molar-refractivity contribution in [2.24, 2.45) is 11.7 Å². The molecule has 3 atom stereocenters. The van der Waals surface area contributed by atoms with Crippen molar-refractivity contribution in [2.75, 3.05) is 5.75 Å². The van der Waals surface area contributed by atoms with Gasteiger partial charge in [0.15, 0.2) is 0 Å². The Morgan fingerprint density at radius 1 is 1.00 bits per heavy atom. The van der Waals surface area contributed by atoms with E-state index in [1.165, 1.54) is 28.2 Å². The standard InChI is InChI=1S/C18H19NS/c19-18-13(9-12-5-1-2-7-16(12)18)10-14-11-20-17-8-4-3-6-15(14)17/h1-8,13-14,18H,9-11,19H2. The molecule has 1 aliphatic carbocycles. The zero-order valence-corrected chi connectivity index (χ0v) is 12.3. The first kappa shape index (κ1) is 12.5. The first-order valence-corrected chi connectivity index (χ1v) is 8.36. The molecule has 2 aromatic rings. The lowest BCUT2D eigenvalue weighted by Crippen LogP contribution is -2.19. The molecule has 4 rings (SSSR count). The Morgan fingerprint density at radius 3 is 2.60 bits per heavy atom. The maximum Gasteiger partial charge on any atom is 0.0329 e. The third-order valence-corrected chi connectivity index (χ3v) is 6.04. The highest BCUT2D eigenvalue weighted by Crippen LogP contribution is 2.46. The lowest BCUT2D eigenvalue weighted by Gasteiger charge is -2.20. The molecule has 1 nitrogen and oxygen atoms in total. The molecule has 1 heterocycles. The van der Waals surface area contributed by atoms with Crippen LogP contribution in [0.4, 0.5) is 0 Å². The van der Waals surface area contributed by atoms with Gasteiger partial charge in [0.25, 0.3) is 0 Å². The first-order valence-electron chi connectivity index (χ1n) is 7.38. The van der Waals surface area contributed by atoms with Gasteiger partial charge in [0, 0.05) is 16.7 Å². The molecule has 2 heteroatoms. The Morgan fingerprint density at radius 2 is 1.75 bits per heavy atom. The smallest absolute Gasteiger partial charge is 0.0329 e. The molecule has 1 aliphatic heterocycles. The molecule has 2 N–H and O–H groups in total. The van der Waals surface area contributed by atoms with Crippen LogP contribution in [-0.4, -0.2) is 5.75 Å². The van der Waals surface area contributed by atoms with Crippen LogP contribution in [0, 0.1) is 5.92 Å². The number of thioether (sulfide) groups is 1. The predicted octanol–water partition coefficient (Wildman–Crippen LogP) is 4.14. The SMILES string of the molecule is NC1c2ccccc2CC1CC1CSc2ccccc21. The minimum absolute atomic E-state index is 0.226. The summed E-state index contributed by atoms with van der Waals surface area (Å²) < 4.78 is 0. The fourth-order valence-electron chi connectivity index (χ4n) is 3.73. The summed E-state index contributed by atoms with van der Waals surface area (Å²) in [5, 5.41) is 0. The van der Waals surface area contributed by atoms with Crippen molar-refractivity contribution in [2.45, 2.75) is 29.7 Å². The van der Waals surface area contributed by atoms with Gasteiger partial charge < -0.3 is 5.73 Å². The van der Waals surface area contributed by atoms with Crippen molar-refractivity contribution in [3.63, 3.8) is 0 Å². The molecule has 3 unspecified atom stereocenters. The monoisotopic (exact) mass is 281 g/mol. The molecule has 0 saturated carbocycles. The summed E-state index contributed by atoms with van der Waals surface area (Å²) in [5.41, 5.74) is 10.9. The van der Waals surface area contributed by atoms with Gasteiger partial charge >= 0.3 is 0 Å². The summed E-state index contributed by atoms with van der Waals surface area (Å²) in [6.07, 6.45) is 2.38. The Bertz CT molecular complexity index is 637. The number of hydrogen-bond donors (Lipinski definition) is 1. The molecule has 0 aromatic heterocycles. The topological polar surface area (TPSA) is 26.0 Å². The molecule has 2 aliphatic rings. The lowest BCUT2D eigenvalue weighted by atomic mass is 9.87. The molecule has 0 bridgehead atoms. The molecule has 0 spiro atoms. The van der Waals surface area contributed by atoms with Crippen molar-refractivity contribution in [1.82, 2.24) is 0 Å². The number of fused-ring (bicyclic) bond motifs is 2. The van der Waals surface area contributed by atoms with E-state index in [9.17, 15) is 0 Å². The molecular formula is C18H19NS. The fourth-order valence-corrected chi connectivity index (χ4v) is 5.00. The van der Waals surface area contributed by atoms with Crippen LogP contribution in [0.5, 0.6) is 0 Å². The van der Waals surface area contributed by atoms with Crippen molar-refractivity contribution < 1.29 is 0 Å². The van der Waals surface area contributed by atoms with Gasteiger partial charge in [-0.1, -0.05) is 42.5 Å². The zero-order valence-electron chi connectivity index (χ0n) is 11.5. The van der Waals surface area contributed by atoms with Gasteiger partial charge in [-0.3, -0.25) is 0 Å². The van der Waals surface area contributed by atoms with E-state index in [4.69, 9.17) is 5.73 Å². The average molecular weight is 281 g/mol. The molecule has 0 radical (unpaired) electrons. The number of hydrogen-bond acceptors (Lipinski definition) is 2. The minimum atomic E-state index is 0.226. The highest BCUT2D eigenvalue weighted by molar-refractivity contribution is 7.99. The van der Waals surface area contributed by atoms with Crippen molar-refractivity contribution in [3.05, 3.63) is 65.2 Å². The van der Waals surface area contributed by atoms with Gasteiger partial charge in [0.2, 0.25) is 0 Å². The number of rotatable bonds is 2. The van der Waals surface area contributed by atoms with Gasteiger partial charge in [-0.15, -0.1) is 11.8 Å². The summed E-state index contributed by atoms with van der Waals surface area (Å²) in [4.78, 5) is 1.47. The molecule has 20 heavy (non-hydrogen) atoms. The van der Waals surface area contributed by atoms with E-state index in [2.05, 4.69) is 48.5 Å². The van der Waals surface area contributed by atoms with E-state index in [1.54, 1.807) is 5.56 Å². The largest absolute Gasteiger partial charge is 0.324 e. The molecule has 0 saturated heterocycles. The second-order valence-corrected chi connectivity index (χ2v) is 7.03. The van der Waals surface area contributed by atoms with Crippen molar-refractivity contribution in [1.29, 1.82) is 0 Å². The van der Waals surface area contributed by atoms with Crippen LogP contribution in [-0.2, 0) is 6.42 Å². The Labute approximate surface area is 124 Å². The maximum absolute atomic E-state index is 6.48. The zero-order chi connectivity index (χ0) is 13.5. The summed E-state index contributed by atoms with van der Waals surface area (Å²) in [5.74, 6) is 2.50. The van der Waals surface area contributed by atoms with E-state index in [0.29, 0.717) is 11.8 Å². The summed E-state index contributed by atoms with van der Waals surface area (Å²) >= 11 is 2.00. The van der Waals surface area contributed by atoms with E-state index in [0.717, 1.165) is 6.42 Å². The second-order valence-electron chi connectivity index (χ2n) is 5.97. The maximum atomic E-state index is 6.48. The third-order valence-electron chi connectivity index (χ3n) is 4.79. The van der Waals surface area contributed by atoms with Crippen molar-refractivity contribution >= 4 is 11.8 Å². The average Bonchev–Trinajstić information content (AvgIpc) is 3.03. The van der Waals surface area contributed by atoms with Crippen molar-refractivity contribution in [3.8, 4) is 0 Å². The third kappa shape index (κ3) is 1.99. The molecule has 2 aromatic carbocycles. The van der Waals surface area contributed by atoms with Crippen LogP contribution in [0.3, 0.4) is 0 Å². The Hall–Kier alpha value is -1.25. The Kier molecular flexibility index (Phi) is 3.08. The fraction of sp³-hybridized carbons (Fsp3) is 0.333. The van der Waals surface area contributed by atoms with Crippen LogP contribution in [0.2, 0.25) is 0 Å². The van der Waals surface area contributed by atoms with Crippen LogP contribution in [0.15, 0.2) is 53.4 Å². The lowest BCUT2D eigenvalue weighted by molar-refractivity contribution is 0.407. The highest BCUT2D eigenvalue weighted by Gasteiger charge is 2.33. The second kappa shape index (κ2) is 4.94. The van der Waals surface area contributed by atoms with Gasteiger partial charge in [0.05, 0.1) is 0 Å². The first-order chi connectivity index (χ1) is 9.83. The molecular weight excluding hydrogens is 262 g/mol. The van der Waals surface area contributed by atoms with E-state index in [1.807, 2.05) is 11.8 Å². The summed E-state index contributed by atoms with van der Waals surface area (Å²) in [6.45, 7) is 0. The number of benzene rings is 2. The van der Waals surface area contributed by atoms with E-state index >= 15 is 0 Å². The van der Waals surface area contributed by atoms with Crippen LogP contribution in [0.25, 0.3) is 0 Å². The van der Waals surface area contributed by atoms with E-state index in [-0.39, 0.29) is 6.04 Å². The molecule has 0 fully saturated rings. The molecule has 0 amide bonds. The quantitative estimate of drug-likeness (QED) is 0.895. The number of nitrogens with two attached hydrogens (primary N) is 1. The predicted molar refractivity (Wildman–Crippen MR) is 85.1 cm³/mol. The summed E-state index contributed by atoms with van der Waals surface area (Å²) in [7, 11) is 0. The van der Waals surface area contributed by atoms with Gasteiger partial charge in [-0.05, 0) is 47.4 Å². The molecule has 102 valence electrons. The summed E-state index contributed by atoms with van der Waals surface area (Å²) in [6, 6.07) is 17.8. The van der Waals surface area contributed by atoms with Crippen LogP contribution >= 0.6 is 11.8 Å². The van der Waals surface area contributed by atoms with Crippen LogP contribution in [0.1, 0.15) is 35.1 Å². The highest BCUT2D eigenvalue weighted by atomic mass is 32.2. The van der Waals surface area contributed by atoms with Gasteiger partial charge in [-0.2, -0.15) is 0 Å².